The van der Waals surface area contributed by atoms with Crippen molar-refractivity contribution in [2.75, 3.05) is 4.72 Å². The van der Waals surface area contributed by atoms with Crippen LogP contribution in [0.15, 0.2) is 76.7 Å². The Bertz CT molecular complexity index is 1370. The number of carbonyl (C=O) groups excluding carboxylic acids is 1. The standard InChI is InChI=1S/C23H20ClN3O5S2.H3N/c24-17-4-1-3-16(11-17)13-22(28)25-19(20-14-32-23(26-20)21-5-2-10-33-21)12-15-6-8-18(9-7-15)27-34(29,30)31;/h1-11,14,19,27H,12-13H2,(H,25,28)(H,29,30,31);1H3/t19-;/m0./s1. The van der Waals surface area contributed by atoms with Gasteiger partial charge in [-0.2, -0.15) is 0 Å². The molecule has 184 valence electrons. The number of benzene rings is 2. The number of quaternary nitrogens is 1. The van der Waals surface area contributed by atoms with Crippen LogP contribution in [0.25, 0.3) is 10.8 Å². The number of hydrogen-bond acceptors (Lipinski definition) is 7. The van der Waals surface area contributed by atoms with E-state index < -0.39 is 16.3 Å². The van der Waals surface area contributed by atoms with E-state index in [9.17, 15) is 17.8 Å². The fourth-order valence-electron chi connectivity index (χ4n) is 3.36. The molecule has 0 bridgehead atoms. The Labute approximate surface area is 211 Å². The van der Waals surface area contributed by atoms with Crippen LogP contribution in [0.1, 0.15) is 22.9 Å². The van der Waals surface area contributed by atoms with Gasteiger partial charge in [-0.3, -0.25) is 9.52 Å². The molecule has 4 rings (SSSR count). The van der Waals surface area contributed by atoms with Gasteiger partial charge in [-0.15, -0.1) is 11.3 Å². The van der Waals surface area contributed by atoms with Gasteiger partial charge in [0.1, 0.15) is 12.0 Å². The number of nitrogens with zero attached hydrogens (tertiary/aromatic N) is 1. The van der Waals surface area contributed by atoms with E-state index in [1.165, 1.54) is 29.7 Å². The first-order chi connectivity index (χ1) is 16.2. The maximum atomic E-state index is 12.8. The molecule has 4 aromatic rings. The van der Waals surface area contributed by atoms with E-state index in [0.29, 0.717) is 23.0 Å². The highest BCUT2D eigenvalue weighted by Gasteiger charge is 2.21. The van der Waals surface area contributed by atoms with Gasteiger partial charge in [0.15, 0.2) is 10.3 Å². The van der Waals surface area contributed by atoms with E-state index in [1.807, 2.05) is 28.3 Å². The molecule has 0 spiro atoms. The van der Waals surface area contributed by atoms with Gasteiger partial charge in [0.25, 0.3) is 0 Å². The maximum Gasteiger partial charge on any atom is 0.236 e. The van der Waals surface area contributed by atoms with Crippen molar-refractivity contribution in [3.8, 4) is 10.8 Å². The second-order valence-corrected chi connectivity index (χ2v) is 9.94. The number of oxazole rings is 1. The van der Waals surface area contributed by atoms with Crippen LogP contribution in [0.5, 0.6) is 0 Å². The third-order valence-electron chi connectivity index (χ3n) is 4.84. The number of amides is 1. The molecule has 0 saturated carbocycles. The van der Waals surface area contributed by atoms with E-state index in [-0.39, 0.29) is 24.2 Å². The second-order valence-electron chi connectivity index (χ2n) is 7.44. The van der Waals surface area contributed by atoms with Crippen LogP contribution < -0.4 is 16.2 Å². The zero-order chi connectivity index (χ0) is 24.1. The minimum atomic E-state index is -4.61. The fraction of sp³-hybridized carbons (Fsp3) is 0.130. The van der Waals surface area contributed by atoms with Crippen molar-refractivity contribution < 1.29 is 22.2 Å². The minimum Gasteiger partial charge on any atom is -0.731 e. The monoisotopic (exact) mass is 534 g/mol. The molecule has 2 aromatic heterocycles. The Kier molecular flexibility index (Phi) is 8.65. The zero-order valence-electron chi connectivity index (χ0n) is 18.6. The van der Waals surface area contributed by atoms with Gasteiger partial charge in [0.2, 0.25) is 11.8 Å². The lowest BCUT2D eigenvalue weighted by Crippen LogP contribution is -2.31. The summed E-state index contributed by atoms with van der Waals surface area (Å²) in [4.78, 5) is 18.3. The molecule has 1 amide bonds. The van der Waals surface area contributed by atoms with E-state index >= 15 is 0 Å². The molecule has 1 atom stereocenters. The number of hydrogen-bond donors (Lipinski definition) is 3. The number of rotatable bonds is 9. The van der Waals surface area contributed by atoms with Crippen LogP contribution in [0.2, 0.25) is 5.02 Å². The zero-order valence-corrected chi connectivity index (χ0v) is 21.0. The minimum absolute atomic E-state index is 0. The summed E-state index contributed by atoms with van der Waals surface area (Å²) in [7, 11) is -4.61. The van der Waals surface area contributed by atoms with Crippen LogP contribution in [0.3, 0.4) is 0 Å². The van der Waals surface area contributed by atoms with Gasteiger partial charge >= 0.3 is 0 Å². The second kappa shape index (κ2) is 11.5. The van der Waals surface area contributed by atoms with Gasteiger partial charge in [-0.1, -0.05) is 41.9 Å². The number of anilines is 1. The first-order valence-electron chi connectivity index (χ1n) is 10.1. The Hall–Kier alpha value is -3.22. The molecule has 35 heavy (non-hydrogen) atoms. The molecule has 2 heterocycles. The first-order valence-corrected chi connectivity index (χ1v) is 12.8. The molecule has 0 saturated heterocycles. The van der Waals surface area contributed by atoms with Crippen LogP contribution in [-0.2, 0) is 27.9 Å². The molecule has 2 aromatic carbocycles. The number of aromatic nitrogens is 1. The number of thiophene rings is 1. The molecule has 0 radical (unpaired) electrons. The van der Waals surface area contributed by atoms with Crippen molar-refractivity contribution in [3.05, 3.63) is 94.2 Å². The van der Waals surface area contributed by atoms with Crippen molar-refractivity contribution in [2.24, 2.45) is 0 Å². The molecular weight excluding hydrogens is 512 g/mol. The summed E-state index contributed by atoms with van der Waals surface area (Å²) in [5.74, 6) is 0.239. The molecule has 0 aliphatic rings. The van der Waals surface area contributed by atoms with E-state index in [0.717, 1.165) is 16.0 Å². The van der Waals surface area contributed by atoms with E-state index in [1.54, 1.807) is 30.3 Å². The van der Waals surface area contributed by atoms with Crippen LogP contribution >= 0.6 is 22.9 Å². The summed E-state index contributed by atoms with van der Waals surface area (Å²) in [6.45, 7) is 0. The van der Waals surface area contributed by atoms with Crippen molar-refractivity contribution in [3.63, 3.8) is 0 Å². The van der Waals surface area contributed by atoms with Crippen molar-refractivity contribution >= 4 is 44.8 Å². The molecule has 12 heteroatoms. The SMILES string of the molecule is O=C(Cc1cccc(Cl)c1)N[C@@H](Cc1ccc(NS(=O)(=O)[O-])cc1)c1coc(-c2cccs2)n1.[NH4+]. The lowest BCUT2D eigenvalue weighted by Gasteiger charge is -2.17. The summed E-state index contributed by atoms with van der Waals surface area (Å²) in [5.41, 5.74) is 2.27. The summed E-state index contributed by atoms with van der Waals surface area (Å²) >= 11 is 7.52. The predicted octanol–water partition coefficient (Wildman–Crippen LogP) is 4.95. The molecular formula is C23H23ClN4O5S2. The number of halogens is 1. The van der Waals surface area contributed by atoms with Gasteiger partial charge in [0, 0.05) is 10.7 Å². The molecule has 0 unspecified atom stereocenters. The van der Waals surface area contributed by atoms with Gasteiger partial charge in [0.05, 0.1) is 17.3 Å². The topological polar surface area (TPSA) is 161 Å². The number of nitrogens with one attached hydrogen (secondary N) is 2. The summed E-state index contributed by atoms with van der Waals surface area (Å²) in [5, 5.41) is 5.47. The Morgan fingerprint density at radius 3 is 2.54 bits per heavy atom. The average Bonchev–Trinajstić information content (AvgIpc) is 3.46. The van der Waals surface area contributed by atoms with Crippen molar-refractivity contribution in [2.45, 2.75) is 18.9 Å². The third-order valence-corrected chi connectivity index (χ3v) is 6.42. The van der Waals surface area contributed by atoms with Crippen LogP contribution in [-0.4, -0.2) is 23.9 Å². The number of carbonyl (C=O) groups is 1. The van der Waals surface area contributed by atoms with Crippen molar-refractivity contribution in [1.29, 1.82) is 0 Å². The smallest absolute Gasteiger partial charge is 0.236 e. The average molecular weight is 535 g/mol. The molecule has 0 aliphatic carbocycles. The van der Waals surface area contributed by atoms with Gasteiger partial charge in [-0.25, -0.2) is 13.4 Å². The predicted molar refractivity (Wildman–Crippen MR) is 135 cm³/mol. The van der Waals surface area contributed by atoms with Gasteiger partial charge < -0.3 is 20.4 Å². The Morgan fingerprint density at radius 2 is 1.89 bits per heavy atom. The quantitative estimate of drug-likeness (QED) is 0.257. The third kappa shape index (κ3) is 7.64. The normalized spacial score (nSPS) is 11.9. The van der Waals surface area contributed by atoms with E-state index in [4.69, 9.17) is 16.0 Å². The summed E-state index contributed by atoms with van der Waals surface area (Å²) in [6.07, 6.45) is 2.01. The highest BCUT2D eigenvalue weighted by Crippen LogP contribution is 2.27. The molecule has 6 N–H and O–H groups in total. The summed E-state index contributed by atoms with van der Waals surface area (Å²) < 4.78 is 40.2. The maximum absolute atomic E-state index is 12.8. The Morgan fingerprint density at radius 1 is 1.11 bits per heavy atom. The highest BCUT2D eigenvalue weighted by molar-refractivity contribution is 7.87. The largest absolute Gasteiger partial charge is 0.731 e. The highest BCUT2D eigenvalue weighted by atomic mass is 35.5. The first kappa shape index (κ1) is 26.4. The van der Waals surface area contributed by atoms with Crippen LogP contribution in [0, 0.1) is 0 Å². The van der Waals surface area contributed by atoms with Crippen LogP contribution in [0.4, 0.5) is 5.69 Å². The Balaban J connectivity index is 0.00000342. The lowest BCUT2D eigenvalue weighted by atomic mass is 10.0. The molecule has 0 aliphatic heterocycles. The van der Waals surface area contributed by atoms with E-state index in [2.05, 4.69) is 10.3 Å². The van der Waals surface area contributed by atoms with Crippen molar-refractivity contribution in [1.82, 2.24) is 16.5 Å². The lowest BCUT2D eigenvalue weighted by molar-refractivity contribution is -0.121. The van der Waals surface area contributed by atoms with Gasteiger partial charge in [-0.05, 0) is 53.3 Å². The molecule has 9 nitrogen and oxygen atoms in total. The molecule has 0 fully saturated rings. The fourth-order valence-corrected chi connectivity index (χ4v) is 4.65. The summed E-state index contributed by atoms with van der Waals surface area (Å²) in [6, 6.07) is 16.7.